The van der Waals surface area contributed by atoms with Crippen molar-refractivity contribution in [2.45, 2.75) is 72.0 Å². The predicted molar refractivity (Wildman–Crippen MR) is 121 cm³/mol. The molecule has 0 bridgehead atoms. The highest BCUT2D eigenvalue weighted by molar-refractivity contribution is 14.0. The molecule has 1 aliphatic rings. The number of aryl methyl sites for hydroxylation is 2. The highest BCUT2D eigenvalue weighted by Crippen LogP contribution is 2.24. The normalized spacial score (nSPS) is 17.2. The van der Waals surface area contributed by atoms with E-state index in [0.29, 0.717) is 12.6 Å². The lowest BCUT2D eigenvalue weighted by Gasteiger charge is -2.25. The molecule has 0 saturated carbocycles. The van der Waals surface area contributed by atoms with Gasteiger partial charge in [-0.1, -0.05) is 20.8 Å². The molecule has 9 heteroatoms. The SMILES string of the molecule is CCNC(=NCc1nc(C(C)(C)C)cs1)NC1CCc2nc(C)nn2C1.I. The summed E-state index contributed by atoms with van der Waals surface area (Å²) < 4.78 is 2.01. The minimum absolute atomic E-state index is 0. The highest BCUT2D eigenvalue weighted by Gasteiger charge is 2.22. The second kappa shape index (κ2) is 9.31. The van der Waals surface area contributed by atoms with E-state index in [1.165, 1.54) is 0 Å². The summed E-state index contributed by atoms with van der Waals surface area (Å²) in [6.45, 7) is 12.8. The topological polar surface area (TPSA) is 80.0 Å². The van der Waals surface area contributed by atoms with Gasteiger partial charge in [0, 0.05) is 29.8 Å². The van der Waals surface area contributed by atoms with Gasteiger partial charge in [0.05, 0.1) is 18.8 Å². The van der Waals surface area contributed by atoms with Crippen LogP contribution in [-0.4, -0.2) is 38.3 Å². The zero-order valence-electron chi connectivity index (χ0n) is 16.7. The Balaban J connectivity index is 0.00000261. The van der Waals surface area contributed by atoms with Crippen molar-refractivity contribution in [1.29, 1.82) is 0 Å². The molecule has 1 unspecified atom stereocenters. The van der Waals surface area contributed by atoms with Crippen LogP contribution < -0.4 is 10.6 Å². The summed E-state index contributed by atoms with van der Waals surface area (Å²) in [5.74, 6) is 2.77. The van der Waals surface area contributed by atoms with Gasteiger partial charge in [-0.05, 0) is 20.3 Å². The molecule has 0 aliphatic carbocycles. The van der Waals surface area contributed by atoms with Gasteiger partial charge in [0.1, 0.15) is 16.7 Å². The second-order valence-electron chi connectivity index (χ2n) is 7.71. The summed E-state index contributed by atoms with van der Waals surface area (Å²) in [6, 6.07) is 0.308. The van der Waals surface area contributed by atoms with Crippen molar-refractivity contribution in [3.63, 3.8) is 0 Å². The van der Waals surface area contributed by atoms with Crippen LogP contribution in [-0.2, 0) is 24.9 Å². The van der Waals surface area contributed by atoms with Crippen molar-refractivity contribution < 1.29 is 0 Å². The molecule has 2 aromatic rings. The lowest BCUT2D eigenvalue weighted by Crippen LogP contribution is -2.47. The van der Waals surface area contributed by atoms with Crippen molar-refractivity contribution >= 4 is 41.3 Å². The molecule has 1 atom stereocenters. The Bertz CT molecular complexity index is 775. The van der Waals surface area contributed by atoms with Gasteiger partial charge in [0.25, 0.3) is 0 Å². The standard InChI is InChI=1S/C18H29N7S.HI/c1-6-19-17(20-9-16-23-14(11-26-16)18(3,4)5)22-13-7-8-15-21-12(2)24-25(15)10-13;/h11,13H,6-10H2,1-5H3,(H2,19,20,22);1H. The Morgan fingerprint density at radius 1 is 1.37 bits per heavy atom. The molecule has 0 spiro atoms. The first kappa shape index (κ1) is 22.1. The molecule has 0 fully saturated rings. The number of hydrogen-bond acceptors (Lipinski definition) is 5. The minimum Gasteiger partial charge on any atom is -0.357 e. The van der Waals surface area contributed by atoms with Gasteiger partial charge >= 0.3 is 0 Å². The van der Waals surface area contributed by atoms with Crippen LogP contribution in [0, 0.1) is 6.92 Å². The van der Waals surface area contributed by atoms with Crippen LogP contribution in [0.25, 0.3) is 0 Å². The summed E-state index contributed by atoms with van der Waals surface area (Å²) in [7, 11) is 0. The monoisotopic (exact) mass is 503 g/mol. The average molecular weight is 503 g/mol. The van der Waals surface area contributed by atoms with Crippen LogP contribution in [0.2, 0.25) is 0 Å². The first-order valence-electron chi connectivity index (χ1n) is 9.25. The maximum absolute atomic E-state index is 4.73. The molecule has 3 rings (SSSR count). The van der Waals surface area contributed by atoms with Gasteiger partial charge in [-0.25, -0.2) is 19.6 Å². The smallest absolute Gasteiger partial charge is 0.191 e. The summed E-state index contributed by atoms with van der Waals surface area (Å²) in [6.07, 6.45) is 1.98. The lowest BCUT2D eigenvalue weighted by molar-refractivity contribution is 0.392. The second-order valence-corrected chi connectivity index (χ2v) is 8.65. The molecule has 2 N–H and O–H groups in total. The molecule has 0 amide bonds. The molecule has 27 heavy (non-hydrogen) atoms. The first-order valence-corrected chi connectivity index (χ1v) is 10.1. The van der Waals surface area contributed by atoms with Crippen molar-refractivity contribution in [3.8, 4) is 0 Å². The van der Waals surface area contributed by atoms with Crippen molar-refractivity contribution in [3.05, 3.63) is 27.7 Å². The van der Waals surface area contributed by atoms with E-state index >= 15 is 0 Å². The van der Waals surface area contributed by atoms with Crippen molar-refractivity contribution in [2.24, 2.45) is 4.99 Å². The summed E-state index contributed by atoms with van der Waals surface area (Å²) in [5, 5.41) is 14.5. The third-order valence-corrected chi connectivity index (χ3v) is 5.18. The number of halogens is 1. The van der Waals surface area contributed by atoms with E-state index in [9.17, 15) is 0 Å². The molecule has 0 radical (unpaired) electrons. The van der Waals surface area contributed by atoms with Gasteiger partial charge in [0.2, 0.25) is 0 Å². The Morgan fingerprint density at radius 2 is 2.15 bits per heavy atom. The van der Waals surface area contributed by atoms with E-state index in [1.54, 1.807) is 11.3 Å². The molecule has 0 aromatic carbocycles. The van der Waals surface area contributed by atoms with Gasteiger partial charge in [-0.3, -0.25) is 0 Å². The quantitative estimate of drug-likeness (QED) is 0.381. The molecule has 150 valence electrons. The summed E-state index contributed by atoms with van der Waals surface area (Å²) in [5.41, 5.74) is 1.21. The zero-order valence-corrected chi connectivity index (χ0v) is 19.9. The van der Waals surface area contributed by atoms with Gasteiger partial charge < -0.3 is 10.6 Å². The van der Waals surface area contributed by atoms with E-state index in [1.807, 2.05) is 11.6 Å². The van der Waals surface area contributed by atoms with Crippen LogP contribution in [0.15, 0.2) is 10.4 Å². The predicted octanol–water partition coefficient (Wildman–Crippen LogP) is 3.03. The molecule has 7 nitrogen and oxygen atoms in total. The van der Waals surface area contributed by atoms with Gasteiger partial charge in [0.15, 0.2) is 5.96 Å². The molecule has 2 aromatic heterocycles. The van der Waals surface area contributed by atoms with Crippen LogP contribution in [0.4, 0.5) is 0 Å². The van der Waals surface area contributed by atoms with Gasteiger partial charge in [-0.2, -0.15) is 5.10 Å². The molecular weight excluding hydrogens is 473 g/mol. The number of rotatable bonds is 4. The lowest BCUT2D eigenvalue weighted by atomic mass is 9.93. The maximum Gasteiger partial charge on any atom is 0.191 e. The molecule has 0 saturated heterocycles. The van der Waals surface area contributed by atoms with Gasteiger partial charge in [-0.15, -0.1) is 35.3 Å². The fraction of sp³-hybridized carbons (Fsp3) is 0.667. The maximum atomic E-state index is 4.73. The van der Waals surface area contributed by atoms with Crippen molar-refractivity contribution in [2.75, 3.05) is 6.54 Å². The largest absolute Gasteiger partial charge is 0.357 e. The zero-order chi connectivity index (χ0) is 18.7. The van der Waals surface area contributed by atoms with E-state index in [4.69, 9.17) is 9.98 Å². The fourth-order valence-electron chi connectivity index (χ4n) is 2.94. The van der Waals surface area contributed by atoms with Crippen LogP contribution in [0.5, 0.6) is 0 Å². The molecule has 3 heterocycles. The summed E-state index contributed by atoms with van der Waals surface area (Å²) >= 11 is 1.68. The Morgan fingerprint density at radius 3 is 2.81 bits per heavy atom. The van der Waals surface area contributed by atoms with E-state index < -0.39 is 0 Å². The third-order valence-electron chi connectivity index (χ3n) is 4.34. The highest BCUT2D eigenvalue weighted by atomic mass is 127. The molecular formula is C18H30IN7S. The Hall–Kier alpha value is -1.23. The van der Waals surface area contributed by atoms with Crippen LogP contribution >= 0.6 is 35.3 Å². The van der Waals surface area contributed by atoms with Crippen LogP contribution in [0.3, 0.4) is 0 Å². The Kier molecular flexibility index (Phi) is 7.61. The number of thiazole rings is 1. The minimum atomic E-state index is 0. The Labute approximate surface area is 182 Å². The van der Waals surface area contributed by atoms with E-state index in [2.05, 4.69) is 53.8 Å². The van der Waals surface area contributed by atoms with E-state index in [-0.39, 0.29) is 29.4 Å². The third kappa shape index (κ3) is 5.87. The number of aliphatic imine (C=N–C) groups is 1. The number of aromatic nitrogens is 4. The first-order chi connectivity index (χ1) is 12.3. The number of fused-ring (bicyclic) bond motifs is 1. The molecule has 1 aliphatic heterocycles. The average Bonchev–Trinajstić information content (AvgIpc) is 3.17. The van der Waals surface area contributed by atoms with Crippen molar-refractivity contribution in [1.82, 2.24) is 30.4 Å². The van der Waals surface area contributed by atoms with E-state index in [0.717, 1.165) is 54.2 Å². The summed E-state index contributed by atoms with van der Waals surface area (Å²) in [4.78, 5) is 13.9. The number of nitrogens with zero attached hydrogens (tertiary/aromatic N) is 5. The van der Waals surface area contributed by atoms with Crippen LogP contribution in [0.1, 0.15) is 56.5 Å². The number of hydrogen-bond donors (Lipinski definition) is 2. The number of nitrogens with one attached hydrogen (secondary N) is 2. The fourth-order valence-corrected chi connectivity index (χ4v) is 3.88. The number of guanidine groups is 1.